The van der Waals surface area contributed by atoms with Crippen molar-refractivity contribution in [2.75, 3.05) is 5.75 Å². The molecule has 0 aliphatic carbocycles. The summed E-state index contributed by atoms with van der Waals surface area (Å²) in [4.78, 5) is 14.9. The Hall–Kier alpha value is -3.06. The summed E-state index contributed by atoms with van der Waals surface area (Å²) < 4.78 is 34.1. The zero-order valence-electron chi connectivity index (χ0n) is 17.1. The van der Waals surface area contributed by atoms with E-state index in [0.717, 1.165) is 17.5 Å². The summed E-state index contributed by atoms with van der Waals surface area (Å²) in [5.74, 6) is 0.636. The summed E-state index contributed by atoms with van der Waals surface area (Å²) in [5.41, 5.74) is 2.50. The van der Waals surface area contributed by atoms with Gasteiger partial charge in [-0.05, 0) is 60.9 Å². The maximum absolute atomic E-state index is 13.2. The van der Waals surface area contributed by atoms with Crippen LogP contribution in [0, 0.1) is 0 Å². The number of carbonyl (C=O) groups is 1. The van der Waals surface area contributed by atoms with Crippen molar-refractivity contribution >= 4 is 16.0 Å². The molecule has 158 valence electrons. The van der Waals surface area contributed by atoms with E-state index in [-0.39, 0.29) is 24.0 Å². The summed E-state index contributed by atoms with van der Waals surface area (Å²) in [5, 5.41) is 0. The highest BCUT2D eigenvalue weighted by molar-refractivity contribution is 7.87. The normalized spacial score (nSPS) is 11.3. The van der Waals surface area contributed by atoms with Gasteiger partial charge in [-0.15, -0.1) is 0 Å². The number of amides is 1. The molecule has 2 aromatic carbocycles. The molecule has 0 saturated carbocycles. The lowest BCUT2D eigenvalue weighted by Gasteiger charge is -2.22. The highest BCUT2D eigenvalue weighted by Gasteiger charge is 2.19. The number of carbonyl (C=O) groups excluding carboxylic acids is 1. The van der Waals surface area contributed by atoms with Crippen LogP contribution in [-0.2, 0) is 29.6 Å². The van der Waals surface area contributed by atoms with Crippen LogP contribution in [0.15, 0.2) is 71.3 Å². The van der Waals surface area contributed by atoms with E-state index in [2.05, 4.69) is 6.92 Å². The van der Waals surface area contributed by atoms with E-state index >= 15 is 0 Å². The highest BCUT2D eigenvalue weighted by atomic mass is 32.2. The molecule has 1 amide bonds. The Balaban J connectivity index is 1.84. The van der Waals surface area contributed by atoms with Crippen LogP contribution in [-0.4, -0.2) is 25.0 Å². The van der Waals surface area contributed by atoms with Crippen LogP contribution < -0.4 is 4.18 Å². The summed E-state index contributed by atoms with van der Waals surface area (Å²) in [6.45, 7) is 4.15. The maximum Gasteiger partial charge on any atom is 0.308 e. The van der Waals surface area contributed by atoms with Gasteiger partial charge in [-0.2, -0.15) is 8.42 Å². The summed E-state index contributed by atoms with van der Waals surface area (Å²) in [6.07, 6.45) is 2.47. The van der Waals surface area contributed by atoms with E-state index in [0.29, 0.717) is 17.9 Å². The molecular weight excluding hydrogens is 402 g/mol. The van der Waals surface area contributed by atoms with Gasteiger partial charge in [-0.25, -0.2) is 0 Å². The highest BCUT2D eigenvalue weighted by Crippen LogP contribution is 2.20. The number of aryl methyl sites for hydroxylation is 1. The lowest BCUT2D eigenvalue weighted by atomic mass is 10.1. The van der Waals surface area contributed by atoms with E-state index in [1.54, 1.807) is 35.4 Å². The molecule has 0 saturated heterocycles. The molecule has 0 bridgehead atoms. The molecule has 0 aliphatic heterocycles. The first kappa shape index (κ1) is 21.6. The number of furan rings is 1. The van der Waals surface area contributed by atoms with Gasteiger partial charge in [0.05, 0.1) is 18.6 Å². The molecule has 0 fully saturated rings. The van der Waals surface area contributed by atoms with Crippen LogP contribution in [0.3, 0.4) is 0 Å². The second-order valence-corrected chi connectivity index (χ2v) is 8.73. The summed E-state index contributed by atoms with van der Waals surface area (Å²) >= 11 is 0. The van der Waals surface area contributed by atoms with Crippen LogP contribution in [0.1, 0.15) is 41.1 Å². The first-order valence-electron chi connectivity index (χ1n) is 9.82. The molecule has 3 aromatic rings. The van der Waals surface area contributed by atoms with Crippen molar-refractivity contribution in [2.45, 2.75) is 33.4 Å². The maximum atomic E-state index is 13.2. The van der Waals surface area contributed by atoms with Crippen LogP contribution >= 0.6 is 0 Å². The first-order valence-corrected chi connectivity index (χ1v) is 11.4. The zero-order chi connectivity index (χ0) is 21.6. The topological polar surface area (TPSA) is 76.8 Å². The van der Waals surface area contributed by atoms with Crippen molar-refractivity contribution in [3.63, 3.8) is 0 Å². The molecule has 0 unspecified atom stereocenters. The number of benzene rings is 2. The van der Waals surface area contributed by atoms with Gasteiger partial charge in [0.1, 0.15) is 11.5 Å². The lowest BCUT2D eigenvalue weighted by molar-refractivity contribution is 0.0717. The average Bonchev–Trinajstić information content (AvgIpc) is 3.26. The number of rotatable bonds is 9. The molecule has 30 heavy (non-hydrogen) atoms. The van der Waals surface area contributed by atoms with Crippen molar-refractivity contribution in [1.82, 2.24) is 4.90 Å². The minimum absolute atomic E-state index is 0.117. The van der Waals surface area contributed by atoms with Crippen molar-refractivity contribution in [1.29, 1.82) is 0 Å². The fraction of sp³-hybridized carbons (Fsp3) is 0.261. The number of hydrogen-bond donors (Lipinski definition) is 0. The Morgan fingerprint density at radius 2 is 1.73 bits per heavy atom. The number of nitrogens with zero attached hydrogens (tertiary/aromatic N) is 1. The third-order valence-electron chi connectivity index (χ3n) is 4.67. The van der Waals surface area contributed by atoms with Gasteiger partial charge in [0.2, 0.25) is 0 Å². The van der Waals surface area contributed by atoms with E-state index in [9.17, 15) is 13.2 Å². The van der Waals surface area contributed by atoms with E-state index < -0.39 is 10.1 Å². The van der Waals surface area contributed by atoms with Gasteiger partial charge in [-0.3, -0.25) is 4.79 Å². The number of hydrogen-bond acceptors (Lipinski definition) is 5. The molecule has 0 radical (unpaired) electrons. The molecule has 7 heteroatoms. The SMILES string of the molecule is CCc1ccc(C(=O)N(Cc2cccc(OS(=O)(=O)CC)c2)Cc2ccco2)cc1. The van der Waals surface area contributed by atoms with Crippen LogP contribution in [0.4, 0.5) is 0 Å². The van der Waals surface area contributed by atoms with Crippen molar-refractivity contribution < 1.29 is 21.8 Å². The third-order valence-corrected chi connectivity index (χ3v) is 5.83. The van der Waals surface area contributed by atoms with E-state index in [1.807, 2.05) is 36.4 Å². The Bertz CT molecular complexity index is 1070. The third kappa shape index (κ3) is 5.73. The van der Waals surface area contributed by atoms with Gasteiger partial charge in [0.25, 0.3) is 5.91 Å². The Labute approximate surface area is 177 Å². The first-order chi connectivity index (χ1) is 14.4. The monoisotopic (exact) mass is 427 g/mol. The quantitative estimate of drug-likeness (QED) is 0.473. The smallest absolute Gasteiger partial charge is 0.308 e. The molecule has 1 heterocycles. The Kier molecular flexibility index (Phi) is 6.95. The molecule has 0 N–H and O–H groups in total. The molecule has 0 spiro atoms. The molecule has 1 aromatic heterocycles. The summed E-state index contributed by atoms with van der Waals surface area (Å²) in [6, 6.07) is 17.9. The van der Waals surface area contributed by atoms with Gasteiger partial charge in [0.15, 0.2) is 0 Å². The van der Waals surface area contributed by atoms with E-state index in [4.69, 9.17) is 8.60 Å². The van der Waals surface area contributed by atoms with E-state index in [1.165, 1.54) is 6.92 Å². The molecule has 3 rings (SSSR count). The predicted octanol–water partition coefficient (Wildman–Crippen LogP) is 4.41. The average molecular weight is 428 g/mol. The Morgan fingerprint density at radius 3 is 2.37 bits per heavy atom. The molecular formula is C23H25NO5S. The lowest BCUT2D eigenvalue weighted by Crippen LogP contribution is -2.30. The van der Waals surface area contributed by atoms with Gasteiger partial charge in [0, 0.05) is 12.1 Å². The molecule has 0 atom stereocenters. The van der Waals surface area contributed by atoms with Gasteiger partial charge < -0.3 is 13.5 Å². The fourth-order valence-corrected chi connectivity index (χ4v) is 3.49. The minimum Gasteiger partial charge on any atom is -0.467 e. The van der Waals surface area contributed by atoms with Crippen LogP contribution in [0.25, 0.3) is 0 Å². The standard InChI is InChI=1S/C23H25NO5S/c1-3-18-10-12-20(13-11-18)23(25)24(17-22-9-6-14-28-22)16-19-7-5-8-21(15-19)29-30(26,27)4-2/h5-15H,3-4,16-17H2,1-2H3. The van der Waals surface area contributed by atoms with Crippen molar-refractivity contribution in [2.24, 2.45) is 0 Å². The second kappa shape index (κ2) is 9.63. The minimum atomic E-state index is -3.62. The molecule has 6 nitrogen and oxygen atoms in total. The Morgan fingerprint density at radius 1 is 0.967 bits per heavy atom. The molecule has 0 aliphatic rings. The van der Waals surface area contributed by atoms with Gasteiger partial charge in [-0.1, -0.05) is 31.2 Å². The van der Waals surface area contributed by atoms with Crippen LogP contribution in [0.5, 0.6) is 5.75 Å². The van der Waals surface area contributed by atoms with Gasteiger partial charge >= 0.3 is 10.1 Å². The largest absolute Gasteiger partial charge is 0.467 e. The predicted molar refractivity (Wildman–Crippen MR) is 115 cm³/mol. The second-order valence-electron chi connectivity index (χ2n) is 6.87. The van der Waals surface area contributed by atoms with Crippen LogP contribution in [0.2, 0.25) is 0 Å². The van der Waals surface area contributed by atoms with Crippen molar-refractivity contribution in [3.05, 3.63) is 89.4 Å². The zero-order valence-corrected chi connectivity index (χ0v) is 17.9. The fourth-order valence-electron chi connectivity index (χ4n) is 2.98. The summed E-state index contributed by atoms with van der Waals surface area (Å²) in [7, 11) is -3.62. The van der Waals surface area contributed by atoms with Crippen molar-refractivity contribution in [3.8, 4) is 5.75 Å².